The van der Waals surface area contributed by atoms with Gasteiger partial charge in [-0.25, -0.2) is 0 Å². The summed E-state index contributed by atoms with van der Waals surface area (Å²) in [5.74, 6) is 0.898. The molecule has 0 aromatic heterocycles. The minimum atomic E-state index is -0.313. The zero-order valence-corrected chi connectivity index (χ0v) is 9.91. The van der Waals surface area contributed by atoms with E-state index in [2.05, 4.69) is 19.1 Å². The first-order valence-electron chi connectivity index (χ1n) is 6.17. The molecule has 0 bridgehead atoms. The van der Waals surface area contributed by atoms with Crippen LogP contribution in [-0.2, 0) is 6.42 Å². The number of rotatable bonds is 4. The minimum Gasteiger partial charge on any atom is -0.485 e. The lowest BCUT2D eigenvalue weighted by atomic mass is 10.0. The van der Waals surface area contributed by atoms with Crippen molar-refractivity contribution in [3.8, 4) is 5.75 Å². The Morgan fingerprint density at radius 2 is 2.06 bits per heavy atom. The van der Waals surface area contributed by atoms with E-state index in [-0.39, 0.29) is 12.2 Å². The summed E-state index contributed by atoms with van der Waals surface area (Å²) in [4.78, 5) is 0. The average Bonchev–Trinajstić information content (AvgIpc) is 2.78. The molecule has 0 saturated heterocycles. The molecule has 2 rings (SSSR count). The molecule has 1 aromatic carbocycles. The van der Waals surface area contributed by atoms with Crippen LogP contribution in [0, 0.1) is 0 Å². The fourth-order valence-electron chi connectivity index (χ4n) is 2.39. The van der Waals surface area contributed by atoms with E-state index in [1.807, 2.05) is 12.1 Å². The summed E-state index contributed by atoms with van der Waals surface area (Å²) >= 11 is 0. The lowest BCUT2D eigenvalue weighted by Crippen LogP contribution is -2.36. The Kier molecular flexibility index (Phi) is 3.49. The molecule has 0 amide bonds. The maximum absolute atomic E-state index is 9.48. The highest BCUT2D eigenvalue weighted by Crippen LogP contribution is 2.34. The number of aliphatic hydroxyl groups is 1. The van der Waals surface area contributed by atoms with E-state index in [1.165, 1.54) is 5.56 Å². The van der Waals surface area contributed by atoms with Crippen molar-refractivity contribution in [2.75, 3.05) is 6.61 Å². The Morgan fingerprint density at radius 1 is 1.31 bits per heavy atom. The second kappa shape index (κ2) is 4.88. The second-order valence-electron chi connectivity index (χ2n) is 4.65. The van der Waals surface area contributed by atoms with Gasteiger partial charge in [-0.05, 0) is 49.8 Å². The van der Waals surface area contributed by atoms with Gasteiger partial charge < -0.3 is 9.84 Å². The van der Waals surface area contributed by atoms with Crippen molar-refractivity contribution in [3.63, 3.8) is 0 Å². The van der Waals surface area contributed by atoms with Crippen LogP contribution in [0.2, 0.25) is 0 Å². The standard InChI is InChI=1S/C14H20O2/c1-2-12-6-5-7-13(10-12)16-14(11-15)8-3-4-9-14/h5-7,10,15H,2-4,8-9,11H2,1H3. The van der Waals surface area contributed by atoms with Gasteiger partial charge >= 0.3 is 0 Å². The van der Waals surface area contributed by atoms with Crippen LogP contribution in [0.4, 0.5) is 0 Å². The van der Waals surface area contributed by atoms with Crippen molar-refractivity contribution in [1.82, 2.24) is 0 Å². The average molecular weight is 220 g/mol. The monoisotopic (exact) mass is 220 g/mol. The highest BCUT2D eigenvalue weighted by Gasteiger charge is 2.35. The predicted octanol–water partition coefficient (Wildman–Crippen LogP) is 2.93. The lowest BCUT2D eigenvalue weighted by molar-refractivity contribution is 0.0151. The lowest BCUT2D eigenvalue weighted by Gasteiger charge is -2.28. The first-order chi connectivity index (χ1) is 7.78. The number of aliphatic hydroxyl groups excluding tert-OH is 1. The Labute approximate surface area is 97.3 Å². The molecule has 2 nitrogen and oxygen atoms in total. The van der Waals surface area contributed by atoms with E-state index in [9.17, 15) is 5.11 Å². The van der Waals surface area contributed by atoms with Crippen LogP contribution in [0.15, 0.2) is 24.3 Å². The van der Waals surface area contributed by atoms with Crippen molar-refractivity contribution in [3.05, 3.63) is 29.8 Å². The van der Waals surface area contributed by atoms with E-state index in [0.29, 0.717) is 0 Å². The molecule has 0 heterocycles. The summed E-state index contributed by atoms with van der Waals surface area (Å²) < 4.78 is 6.00. The zero-order valence-electron chi connectivity index (χ0n) is 9.91. The number of hydrogen-bond acceptors (Lipinski definition) is 2. The quantitative estimate of drug-likeness (QED) is 0.845. The fraction of sp³-hybridized carbons (Fsp3) is 0.571. The number of ether oxygens (including phenoxy) is 1. The van der Waals surface area contributed by atoms with E-state index in [1.54, 1.807) is 0 Å². The zero-order chi connectivity index (χ0) is 11.4. The first-order valence-corrected chi connectivity index (χ1v) is 6.17. The smallest absolute Gasteiger partial charge is 0.132 e. The largest absolute Gasteiger partial charge is 0.485 e. The van der Waals surface area contributed by atoms with E-state index in [4.69, 9.17) is 4.74 Å². The van der Waals surface area contributed by atoms with Crippen molar-refractivity contribution in [2.45, 2.75) is 44.6 Å². The summed E-state index contributed by atoms with van der Waals surface area (Å²) in [5.41, 5.74) is 0.968. The van der Waals surface area contributed by atoms with Crippen LogP contribution < -0.4 is 4.74 Å². The molecule has 0 unspecified atom stereocenters. The Morgan fingerprint density at radius 3 is 2.69 bits per heavy atom. The fourth-order valence-corrected chi connectivity index (χ4v) is 2.39. The molecular weight excluding hydrogens is 200 g/mol. The van der Waals surface area contributed by atoms with Gasteiger partial charge in [-0.3, -0.25) is 0 Å². The molecule has 1 aromatic rings. The molecule has 0 atom stereocenters. The third-order valence-corrected chi connectivity index (χ3v) is 3.44. The van der Waals surface area contributed by atoms with E-state index < -0.39 is 0 Å². The summed E-state index contributed by atoms with van der Waals surface area (Å²) in [6, 6.07) is 8.19. The maximum Gasteiger partial charge on any atom is 0.132 e. The van der Waals surface area contributed by atoms with Gasteiger partial charge in [0.25, 0.3) is 0 Å². The van der Waals surface area contributed by atoms with Crippen LogP contribution >= 0.6 is 0 Å². The van der Waals surface area contributed by atoms with Crippen molar-refractivity contribution >= 4 is 0 Å². The van der Waals surface area contributed by atoms with Crippen LogP contribution in [-0.4, -0.2) is 17.3 Å². The van der Waals surface area contributed by atoms with Gasteiger partial charge in [0, 0.05) is 0 Å². The van der Waals surface area contributed by atoms with Gasteiger partial charge in [-0.1, -0.05) is 19.1 Å². The molecule has 0 spiro atoms. The van der Waals surface area contributed by atoms with Crippen molar-refractivity contribution in [1.29, 1.82) is 0 Å². The van der Waals surface area contributed by atoms with Crippen molar-refractivity contribution in [2.24, 2.45) is 0 Å². The molecule has 88 valence electrons. The molecular formula is C14H20O2. The van der Waals surface area contributed by atoms with Crippen LogP contribution in [0.1, 0.15) is 38.2 Å². The van der Waals surface area contributed by atoms with Crippen molar-refractivity contribution < 1.29 is 9.84 Å². The van der Waals surface area contributed by atoms with Crippen LogP contribution in [0.5, 0.6) is 5.75 Å². The van der Waals surface area contributed by atoms with Crippen LogP contribution in [0.25, 0.3) is 0 Å². The number of aryl methyl sites for hydroxylation is 1. The highest BCUT2D eigenvalue weighted by molar-refractivity contribution is 5.29. The van der Waals surface area contributed by atoms with Gasteiger partial charge in [0.15, 0.2) is 0 Å². The Balaban J connectivity index is 2.12. The summed E-state index contributed by atoms with van der Waals surface area (Å²) in [6.45, 7) is 2.26. The maximum atomic E-state index is 9.48. The summed E-state index contributed by atoms with van der Waals surface area (Å²) in [6.07, 6.45) is 5.28. The van der Waals surface area contributed by atoms with Crippen LogP contribution in [0.3, 0.4) is 0 Å². The summed E-state index contributed by atoms with van der Waals surface area (Å²) in [7, 11) is 0. The van der Waals surface area contributed by atoms with E-state index in [0.717, 1.165) is 37.9 Å². The van der Waals surface area contributed by atoms with Gasteiger partial charge in [-0.15, -0.1) is 0 Å². The molecule has 1 aliphatic carbocycles. The molecule has 1 fully saturated rings. The van der Waals surface area contributed by atoms with Gasteiger partial charge in [-0.2, -0.15) is 0 Å². The molecule has 1 aliphatic rings. The highest BCUT2D eigenvalue weighted by atomic mass is 16.5. The molecule has 1 saturated carbocycles. The molecule has 1 N–H and O–H groups in total. The van der Waals surface area contributed by atoms with E-state index >= 15 is 0 Å². The van der Waals surface area contributed by atoms with Gasteiger partial charge in [0.05, 0.1) is 6.61 Å². The number of benzene rings is 1. The van der Waals surface area contributed by atoms with Gasteiger partial charge in [0.1, 0.15) is 11.4 Å². The predicted molar refractivity (Wildman–Crippen MR) is 64.7 cm³/mol. The Bertz CT molecular complexity index is 340. The molecule has 0 radical (unpaired) electrons. The molecule has 0 aliphatic heterocycles. The Hall–Kier alpha value is -1.02. The minimum absolute atomic E-state index is 0.128. The first kappa shape index (κ1) is 11.5. The second-order valence-corrected chi connectivity index (χ2v) is 4.65. The third-order valence-electron chi connectivity index (χ3n) is 3.44. The topological polar surface area (TPSA) is 29.5 Å². The van der Waals surface area contributed by atoms with Gasteiger partial charge in [0.2, 0.25) is 0 Å². The summed E-state index contributed by atoms with van der Waals surface area (Å²) in [5, 5.41) is 9.48. The SMILES string of the molecule is CCc1cccc(OC2(CO)CCCC2)c1. The molecule has 2 heteroatoms. The number of hydrogen-bond donors (Lipinski definition) is 1. The third kappa shape index (κ3) is 2.38. The molecule has 16 heavy (non-hydrogen) atoms. The normalized spacial score (nSPS) is 18.6.